The molecule has 0 saturated heterocycles. The third kappa shape index (κ3) is 3.94. The highest BCUT2D eigenvalue weighted by atomic mass is 19.3. The first-order valence-corrected chi connectivity index (χ1v) is 7.23. The molecular formula is C17H14F2N2O3. The monoisotopic (exact) mass is 332 g/mol. The number of ether oxygens (including phenoxy) is 2. The molecule has 1 heterocycles. The first-order chi connectivity index (χ1) is 11.6. The van der Waals surface area contributed by atoms with E-state index in [2.05, 4.69) is 9.97 Å². The second kappa shape index (κ2) is 7.18. The standard InChI is InChI=1S/C17H14F2N2O3/c18-15(19)9-23-10-16-20-14-7-6-12(8-13(14)17(22)21-16)24-11-4-2-1-3-5-11/h1-8,15H,9-10H2,(H,20,21,22). The van der Waals surface area contributed by atoms with Gasteiger partial charge in [0.1, 0.15) is 30.5 Å². The summed E-state index contributed by atoms with van der Waals surface area (Å²) < 4.78 is 34.6. The van der Waals surface area contributed by atoms with Gasteiger partial charge in [-0.15, -0.1) is 0 Å². The van der Waals surface area contributed by atoms with Crippen LogP contribution in [0.25, 0.3) is 10.9 Å². The molecular weight excluding hydrogens is 318 g/mol. The summed E-state index contributed by atoms with van der Waals surface area (Å²) in [5, 5.41) is 0.348. The van der Waals surface area contributed by atoms with Gasteiger partial charge in [0.15, 0.2) is 0 Å². The van der Waals surface area contributed by atoms with Crippen LogP contribution < -0.4 is 10.3 Å². The van der Waals surface area contributed by atoms with Crippen molar-refractivity contribution >= 4 is 10.9 Å². The molecule has 3 aromatic rings. The predicted molar refractivity (Wildman–Crippen MR) is 84.5 cm³/mol. The van der Waals surface area contributed by atoms with E-state index in [1.54, 1.807) is 30.3 Å². The van der Waals surface area contributed by atoms with Gasteiger partial charge in [-0.3, -0.25) is 4.79 Å². The third-order valence-corrected chi connectivity index (χ3v) is 3.19. The molecule has 2 aromatic carbocycles. The highest BCUT2D eigenvalue weighted by Crippen LogP contribution is 2.23. The van der Waals surface area contributed by atoms with E-state index >= 15 is 0 Å². The fraction of sp³-hybridized carbons (Fsp3) is 0.176. The van der Waals surface area contributed by atoms with Gasteiger partial charge in [0.25, 0.3) is 12.0 Å². The van der Waals surface area contributed by atoms with Crippen LogP contribution in [0.2, 0.25) is 0 Å². The van der Waals surface area contributed by atoms with Gasteiger partial charge in [0.2, 0.25) is 0 Å². The van der Waals surface area contributed by atoms with Gasteiger partial charge in [-0.25, -0.2) is 13.8 Å². The zero-order valence-corrected chi connectivity index (χ0v) is 12.5. The van der Waals surface area contributed by atoms with E-state index < -0.39 is 13.0 Å². The smallest absolute Gasteiger partial charge is 0.261 e. The minimum Gasteiger partial charge on any atom is -0.457 e. The van der Waals surface area contributed by atoms with Crippen LogP contribution in [0.3, 0.4) is 0 Å². The van der Waals surface area contributed by atoms with Crippen LogP contribution in [0.4, 0.5) is 8.78 Å². The summed E-state index contributed by atoms with van der Waals surface area (Å²) in [5.41, 5.74) is 0.0592. The number of rotatable bonds is 6. The number of fused-ring (bicyclic) bond motifs is 1. The molecule has 0 unspecified atom stereocenters. The molecule has 124 valence electrons. The summed E-state index contributed by atoms with van der Waals surface area (Å²) in [7, 11) is 0. The van der Waals surface area contributed by atoms with Crippen LogP contribution in [-0.2, 0) is 11.3 Å². The molecule has 0 saturated carbocycles. The number of hydrogen-bond acceptors (Lipinski definition) is 4. The molecule has 3 rings (SSSR count). The number of para-hydroxylation sites is 1. The number of H-pyrrole nitrogens is 1. The van der Waals surface area contributed by atoms with Crippen LogP contribution in [0.15, 0.2) is 53.3 Å². The molecule has 7 heteroatoms. The Bertz CT molecular complexity index is 882. The van der Waals surface area contributed by atoms with E-state index in [1.807, 2.05) is 18.2 Å². The Morgan fingerprint density at radius 2 is 1.88 bits per heavy atom. The average Bonchev–Trinajstić information content (AvgIpc) is 2.56. The summed E-state index contributed by atoms with van der Waals surface area (Å²) in [6, 6.07) is 14.1. The molecule has 1 aromatic heterocycles. The minimum absolute atomic E-state index is 0.183. The first kappa shape index (κ1) is 16.1. The third-order valence-electron chi connectivity index (χ3n) is 3.19. The van der Waals surface area contributed by atoms with Crippen molar-refractivity contribution in [2.75, 3.05) is 6.61 Å². The van der Waals surface area contributed by atoms with Crippen molar-refractivity contribution in [1.82, 2.24) is 9.97 Å². The molecule has 0 amide bonds. The fourth-order valence-electron chi connectivity index (χ4n) is 2.17. The summed E-state index contributed by atoms with van der Waals surface area (Å²) in [5.74, 6) is 1.35. The van der Waals surface area contributed by atoms with Gasteiger partial charge in [-0.1, -0.05) is 18.2 Å². The lowest BCUT2D eigenvalue weighted by atomic mass is 10.2. The Morgan fingerprint density at radius 3 is 2.62 bits per heavy atom. The summed E-state index contributed by atoms with van der Waals surface area (Å²) in [6.07, 6.45) is -2.56. The SMILES string of the molecule is O=c1[nH]c(COCC(F)F)nc2ccc(Oc3ccccc3)cc12. The molecule has 0 aliphatic carbocycles. The highest BCUT2D eigenvalue weighted by molar-refractivity contribution is 5.79. The van der Waals surface area contributed by atoms with E-state index in [0.29, 0.717) is 22.4 Å². The van der Waals surface area contributed by atoms with Crippen molar-refractivity contribution in [3.8, 4) is 11.5 Å². The Labute approximate surface area is 135 Å². The zero-order valence-electron chi connectivity index (χ0n) is 12.5. The Hall–Kier alpha value is -2.80. The molecule has 0 bridgehead atoms. The van der Waals surface area contributed by atoms with Crippen LogP contribution in [0, 0.1) is 0 Å². The number of halogens is 2. The quantitative estimate of drug-likeness (QED) is 0.750. The molecule has 0 aliphatic rings. The maximum Gasteiger partial charge on any atom is 0.261 e. The minimum atomic E-state index is -2.56. The van der Waals surface area contributed by atoms with Crippen LogP contribution in [0.1, 0.15) is 5.82 Å². The van der Waals surface area contributed by atoms with E-state index in [9.17, 15) is 13.6 Å². The molecule has 0 aliphatic heterocycles. The molecule has 24 heavy (non-hydrogen) atoms. The molecule has 5 nitrogen and oxygen atoms in total. The highest BCUT2D eigenvalue weighted by Gasteiger charge is 2.08. The van der Waals surface area contributed by atoms with E-state index in [4.69, 9.17) is 9.47 Å². The second-order valence-electron chi connectivity index (χ2n) is 5.01. The fourth-order valence-corrected chi connectivity index (χ4v) is 2.17. The number of aromatic nitrogens is 2. The lowest BCUT2D eigenvalue weighted by molar-refractivity contribution is 0.00772. The van der Waals surface area contributed by atoms with Gasteiger partial charge < -0.3 is 14.5 Å². The number of benzene rings is 2. The van der Waals surface area contributed by atoms with Crippen LogP contribution in [0.5, 0.6) is 11.5 Å². The molecule has 0 spiro atoms. The van der Waals surface area contributed by atoms with Gasteiger partial charge >= 0.3 is 0 Å². The summed E-state index contributed by atoms with van der Waals surface area (Å²) >= 11 is 0. The summed E-state index contributed by atoms with van der Waals surface area (Å²) in [4.78, 5) is 18.9. The van der Waals surface area contributed by atoms with Crippen molar-refractivity contribution in [2.24, 2.45) is 0 Å². The van der Waals surface area contributed by atoms with Gasteiger partial charge in [-0.05, 0) is 30.3 Å². The van der Waals surface area contributed by atoms with Gasteiger partial charge in [0, 0.05) is 0 Å². The first-order valence-electron chi connectivity index (χ1n) is 7.23. The number of aromatic amines is 1. The maximum atomic E-state index is 12.1. The Balaban J connectivity index is 1.83. The molecule has 0 radical (unpaired) electrons. The Morgan fingerprint density at radius 1 is 1.08 bits per heavy atom. The molecule has 0 atom stereocenters. The Kier molecular flexibility index (Phi) is 4.81. The van der Waals surface area contributed by atoms with E-state index in [0.717, 1.165) is 0 Å². The number of alkyl halides is 2. The van der Waals surface area contributed by atoms with Crippen molar-refractivity contribution in [2.45, 2.75) is 13.0 Å². The lowest BCUT2D eigenvalue weighted by Crippen LogP contribution is -2.14. The number of nitrogens with one attached hydrogen (secondary N) is 1. The zero-order chi connectivity index (χ0) is 16.9. The van der Waals surface area contributed by atoms with Gasteiger partial charge in [-0.2, -0.15) is 0 Å². The van der Waals surface area contributed by atoms with E-state index in [1.165, 1.54) is 0 Å². The van der Waals surface area contributed by atoms with Crippen molar-refractivity contribution in [3.05, 3.63) is 64.7 Å². The van der Waals surface area contributed by atoms with Crippen molar-refractivity contribution < 1.29 is 18.3 Å². The second-order valence-corrected chi connectivity index (χ2v) is 5.01. The van der Waals surface area contributed by atoms with E-state index in [-0.39, 0.29) is 18.0 Å². The lowest BCUT2D eigenvalue weighted by Gasteiger charge is -2.07. The van der Waals surface area contributed by atoms with Crippen molar-refractivity contribution in [1.29, 1.82) is 0 Å². The summed E-state index contributed by atoms with van der Waals surface area (Å²) in [6.45, 7) is -0.886. The molecule has 1 N–H and O–H groups in total. The van der Waals surface area contributed by atoms with Crippen LogP contribution in [-0.4, -0.2) is 23.0 Å². The topological polar surface area (TPSA) is 64.2 Å². The predicted octanol–water partition coefficient (Wildman–Crippen LogP) is 3.50. The van der Waals surface area contributed by atoms with Crippen LogP contribution >= 0.6 is 0 Å². The largest absolute Gasteiger partial charge is 0.457 e. The normalized spacial score (nSPS) is 11.1. The molecule has 0 fully saturated rings. The number of hydrogen-bond donors (Lipinski definition) is 1. The average molecular weight is 332 g/mol. The maximum absolute atomic E-state index is 12.1. The van der Waals surface area contributed by atoms with Gasteiger partial charge in [0.05, 0.1) is 10.9 Å². The number of nitrogens with zero attached hydrogens (tertiary/aromatic N) is 1. The van der Waals surface area contributed by atoms with Crippen molar-refractivity contribution in [3.63, 3.8) is 0 Å².